The third-order valence-electron chi connectivity index (χ3n) is 5.43. The van der Waals surface area contributed by atoms with E-state index in [2.05, 4.69) is 22.0 Å². The maximum absolute atomic E-state index is 12.6. The second kappa shape index (κ2) is 6.52. The predicted octanol–water partition coefficient (Wildman–Crippen LogP) is 2.34. The SMILES string of the molecule is CC1CCN(C(=O)N2CCC3(CCNCC3)C2)CC1.Cl. The summed E-state index contributed by atoms with van der Waals surface area (Å²) in [5.41, 5.74) is 0.435. The van der Waals surface area contributed by atoms with E-state index in [0.717, 1.165) is 45.2 Å². The molecule has 20 heavy (non-hydrogen) atoms. The number of halogens is 1. The number of likely N-dealkylation sites (tertiary alicyclic amines) is 2. The number of hydrogen-bond donors (Lipinski definition) is 1. The van der Waals surface area contributed by atoms with E-state index in [9.17, 15) is 4.79 Å². The summed E-state index contributed by atoms with van der Waals surface area (Å²) in [5.74, 6) is 0.790. The summed E-state index contributed by atoms with van der Waals surface area (Å²) in [6.07, 6.45) is 6.05. The molecule has 0 aliphatic carbocycles. The van der Waals surface area contributed by atoms with Crippen molar-refractivity contribution >= 4 is 18.4 Å². The van der Waals surface area contributed by atoms with E-state index >= 15 is 0 Å². The minimum atomic E-state index is 0. The van der Waals surface area contributed by atoms with Crippen molar-refractivity contribution in [3.8, 4) is 0 Å². The Balaban J connectivity index is 0.00000147. The van der Waals surface area contributed by atoms with Crippen LogP contribution in [0.4, 0.5) is 4.79 Å². The normalized spacial score (nSPS) is 26.6. The summed E-state index contributed by atoms with van der Waals surface area (Å²) in [6.45, 7) is 8.45. The lowest BCUT2D eigenvalue weighted by atomic mass is 9.78. The minimum absolute atomic E-state index is 0. The Bertz CT molecular complexity index is 336. The van der Waals surface area contributed by atoms with Gasteiger partial charge in [0.05, 0.1) is 0 Å². The van der Waals surface area contributed by atoms with Gasteiger partial charge in [0.1, 0.15) is 0 Å². The Morgan fingerprint density at radius 1 is 1.05 bits per heavy atom. The van der Waals surface area contributed by atoms with Crippen LogP contribution < -0.4 is 5.32 Å². The van der Waals surface area contributed by atoms with E-state index in [1.54, 1.807) is 0 Å². The van der Waals surface area contributed by atoms with Gasteiger partial charge < -0.3 is 15.1 Å². The topological polar surface area (TPSA) is 35.6 Å². The Kier molecular flexibility index (Phi) is 5.19. The number of rotatable bonds is 0. The number of nitrogens with zero attached hydrogens (tertiary/aromatic N) is 2. The number of nitrogens with one attached hydrogen (secondary N) is 1. The second-order valence-electron chi connectivity index (χ2n) is 6.87. The summed E-state index contributed by atoms with van der Waals surface area (Å²) in [5, 5.41) is 3.43. The second-order valence-corrected chi connectivity index (χ2v) is 6.87. The van der Waals surface area contributed by atoms with E-state index in [4.69, 9.17) is 0 Å². The van der Waals surface area contributed by atoms with Gasteiger partial charge in [0.15, 0.2) is 0 Å². The third-order valence-corrected chi connectivity index (χ3v) is 5.43. The molecule has 3 saturated heterocycles. The maximum Gasteiger partial charge on any atom is 0.320 e. The fourth-order valence-electron chi connectivity index (χ4n) is 3.86. The summed E-state index contributed by atoms with van der Waals surface area (Å²) >= 11 is 0. The van der Waals surface area contributed by atoms with E-state index in [0.29, 0.717) is 11.4 Å². The molecule has 1 spiro atoms. The Morgan fingerprint density at radius 3 is 2.35 bits per heavy atom. The van der Waals surface area contributed by atoms with Crippen molar-refractivity contribution in [1.82, 2.24) is 15.1 Å². The molecule has 0 unspecified atom stereocenters. The highest BCUT2D eigenvalue weighted by molar-refractivity contribution is 5.85. The fraction of sp³-hybridized carbons (Fsp3) is 0.933. The molecular formula is C15H28ClN3O. The Hall–Kier alpha value is -0.480. The van der Waals surface area contributed by atoms with Crippen molar-refractivity contribution in [2.24, 2.45) is 11.3 Å². The third kappa shape index (κ3) is 3.22. The molecule has 116 valence electrons. The molecular weight excluding hydrogens is 274 g/mol. The molecule has 2 amide bonds. The Labute approximate surface area is 128 Å². The van der Waals surface area contributed by atoms with Crippen molar-refractivity contribution in [1.29, 1.82) is 0 Å². The van der Waals surface area contributed by atoms with Gasteiger partial charge in [-0.3, -0.25) is 0 Å². The summed E-state index contributed by atoms with van der Waals surface area (Å²) in [7, 11) is 0. The van der Waals surface area contributed by atoms with Gasteiger partial charge in [-0.25, -0.2) is 4.79 Å². The Morgan fingerprint density at radius 2 is 1.70 bits per heavy atom. The number of hydrogen-bond acceptors (Lipinski definition) is 2. The largest absolute Gasteiger partial charge is 0.325 e. The highest BCUT2D eigenvalue weighted by Gasteiger charge is 2.41. The average Bonchev–Trinajstić information content (AvgIpc) is 2.83. The molecule has 3 heterocycles. The van der Waals surface area contributed by atoms with E-state index in [1.165, 1.54) is 32.1 Å². The maximum atomic E-state index is 12.6. The zero-order valence-corrected chi connectivity index (χ0v) is 13.4. The average molecular weight is 302 g/mol. The first kappa shape index (κ1) is 15.9. The molecule has 3 aliphatic heterocycles. The molecule has 0 aromatic rings. The van der Waals surface area contributed by atoms with Crippen LogP contribution in [0.3, 0.4) is 0 Å². The lowest BCUT2D eigenvalue weighted by Crippen LogP contribution is -2.47. The molecule has 0 atom stereocenters. The van der Waals surface area contributed by atoms with Crippen molar-refractivity contribution in [2.45, 2.75) is 39.0 Å². The summed E-state index contributed by atoms with van der Waals surface area (Å²) in [4.78, 5) is 16.8. The molecule has 0 saturated carbocycles. The lowest BCUT2D eigenvalue weighted by Gasteiger charge is -2.36. The molecule has 3 rings (SSSR count). The van der Waals surface area contributed by atoms with Crippen LogP contribution in [0.2, 0.25) is 0 Å². The van der Waals surface area contributed by atoms with Crippen LogP contribution in [0.15, 0.2) is 0 Å². The highest BCUT2D eigenvalue weighted by Crippen LogP contribution is 2.39. The molecule has 5 heteroatoms. The smallest absolute Gasteiger partial charge is 0.320 e. The summed E-state index contributed by atoms with van der Waals surface area (Å²) in [6, 6.07) is 0.308. The minimum Gasteiger partial charge on any atom is -0.325 e. The van der Waals surface area contributed by atoms with Gasteiger partial charge in [0.25, 0.3) is 0 Å². The highest BCUT2D eigenvalue weighted by atomic mass is 35.5. The predicted molar refractivity (Wildman–Crippen MR) is 83.3 cm³/mol. The van der Waals surface area contributed by atoms with Crippen LogP contribution in [-0.2, 0) is 0 Å². The molecule has 0 bridgehead atoms. The van der Waals surface area contributed by atoms with Crippen molar-refractivity contribution in [3.05, 3.63) is 0 Å². The monoisotopic (exact) mass is 301 g/mol. The molecule has 0 radical (unpaired) electrons. The first-order valence-corrected chi connectivity index (χ1v) is 7.93. The molecule has 3 aliphatic rings. The van der Waals surface area contributed by atoms with Gasteiger partial charge >= 0.3 is 6.03 Å². The molecule has 1 N–H and O–H groups in total. The van der Waals surface area contributed by atoms with Gasteiger partial charge in [-0.2, -0.15) is 0 Å². The first-order chi connectivity index (χ1) is 9.19. The number of piperidine rings is 2. The number of carbonyl (C=O) groups excluding carboxylic acids is 1. The van der Waals surface area contributed by atoms with E-state index in [1.807, 2.05) is 0 Å². The van der Waals surface area contributed by atoms with Crippen LogP contribution >= 0.6 is 12.4 Å². The van der Waals surface area contributed by atoms with Crippen molar-refractivity contribution in [2.75, 3.05) is 39.3 Å². The van der Waals surface area contributed by atoms with Crippen LogP contribution in [-0.4, -0.2) is 55.1 Å². The van der Waals surface area contributed by atoms with E-state index in [-0.39, 0.29) is 12.4 Å². The first-order valence-electron chi connectivity index (χ1n) is 7.93. The van der Waals surface area contributed by atoms with E-state index < -0.39 is 0 Å². The number of amides is 2. The zero-order chi connectivity index (χ0) is 13.3. The van der Waals surface area contributed by atoms with Gasteiger partial charge in [-0.15, -0.1) is 12.4 Å². The quantitative estimate of drug-likeness (QED) is 0.745. The zero-order valence-electron chi connectivity index (χ0n) is 12.6. The van der Waals surface area contributed by atoms with Crippen LogP contribution in [0.1, 0.15) is 39.0 Å². The van der Waals surface area contributed by atoms with Gasteiger partial charge in [0, 0.05) is 26.2 Å². The lowest BCUT2D eigenvalue weighted by molar-refractivity contribution is 0.133. The number of urea groups is 1. The fourth-order valence-corrected chi connectivity index (χ4v) is 3.86. The number of carbonyl (C=O) groups is 1. The van der Waals surface area contributed by atoms with Gasteiger partial charge in [0.2, 0.25) is 0 Å². The standard InChI is InChI=1S/C15H27N3O.ClH/c1-13-2-9-17(10-3-13)14(19)18-11-6-15(12-18)4-7-16-8-5-15;/h13,16H,2-12H2,1H3;1H. The van der Waals surface area contributed by atoms with Crippen LogP contribution in [0.25, 0.3) is 0 Å². The van der Waals surface area contributed by atoms with Crippen LogP contribution in [0.5, 0.6) is 0 Å². The summed E-state index contributed by atoms with van der Waals surface area (Å²) < 4.78 is 0. The molecule has 0 aromatic heterocycles. The van der Waals surface area contributed by atoms with Crippen molar-refractivity contribution in [3.63, 3.8) is 0 Å². The molecule has 3 fully saturated rings. The van der Waals surface area contributed by atoms with Gasteiger partial charge in [-0.05, 0) is 56.5 Å². The van der Waals surface area contributed by atoms with Gasteiger partial charge in [-0.1, -0.05) is 6.92 Å². The van der Waals surface area contributed by atoms with Crippen molar-refractivity contribution < 1.29 is 4.79 Å². The van der Waals surface area contributed by atoms with Crippen LogP contribution in [0, 0.1) is 11.3 Å². The molecule has 4 nitrogen and oxygen atoms in total. The molecule has 0 aromatic carbocycles.